The largest absolute Gasteiger partial charge is 0.493 e. The summed E-state index contributed by atoms with van der Waals surface area (Å²) in [5, 5.41) is 6.17. The Morgan fingerprint density at radius 3 is 2.65 bits per heavy atom. The number of rotatable bonds is 7. The van der Waals surface area contributed by atoms with Gasteiger partial charge in [0.15, 0.2) is 0 Å². The van der Waals surface area contributed by atoms with Crippen LogP contribution < -0.4 is 15.4 Å². The minimum atomic E-state index is -0.301. The molecule has 1 aliphatic rings. The molecule has 2 rings (SSSR count). The van der Waals surface area contributed by atoms with Crippen LogP contribution >= 0.6 is 12.4 Å². The molecule has 1 aliphatic heterocycles. The molecule has 7 heteroatoms. The van der Waals surface area contributed by atoms with E-state index < -0.39 is 0 Å². The van der Waals surface area contributed by atoms with Crippen molar-refractivity contribution in [3.8, 4) is 5.75 Å². The molecule has 1 unspecified atom stereocenters. The highest BCUT2D eigenvalue weighted by Gasteiger charge is 2.17. The molecule has 1 atom stereocenters. The lowest BCUT2D eigenvalue weighted by molar-refractivity contribution is -0.141. The van der Waals surface area contributed by atoms with Crippen LogP contribution in [0.15, 0.2) is 24.3 Å². The Balaban J connectivity index is 0.00000264. The van der Waals surface area contributed by atoms with Gasteiger partial charge in [0.25, 0.3) is 0 Å². The van der Waals surface area contributed by atoms with Crippen LogP contribution in [-0.2, 0) is 14.3 Å². The first-order chi connectivity index (χ1) is 10.7. The monoisotopic (exact) mass is 342 g/mol. The molecule has 1 saturated heterocycles. The minimum absolute atomic E-state index is 0. The van der Waals surface area contributed by atoms with E-state index in [1.54, 1.807) is 24.3 Å². The average molecular weight is 343 g/mol. The van der Waals surface area contributed by atoms with Crippen molar-refractivity contribution < 1.29 is 19.1 Å². The summed E-state index contributed by atoms with van der Waals surface area (Å²) >= 11 is 0. The average Bonchev–Trinajstić information content (AvgIpc) is 3.01. The second-order valence-electron chi connectivity index (χ2n) is 5.24. The number of esters is 1. The lowest BCUT2D eigenvalue weighted by Gasteiger charge is -2.11. The first-order valence-corrected chi connectivity index (χ1v) is 7.50. The molecular formula is C16H23ClN2O4. The van der Waals surface area contributed by atoms with E-state index >= 15 is 0 Å². The summed E-state index contributed by atoms with van der Waals surface area (Å²) in [7, 11) is 1.35. The van der Waals surface area contributed by atoms with Gasteiger partial charge in [0.2, 0.25) is 5.91 Å². The molecular weight excluding hydrogens is 320 g/mol. The Kier molecular flexibility index (Phi) is 8.43. The van der Waals surface area contributed by atoms with Gasteiger partial charge >= 0.3 is 5.97 Å². The van der Waals surface area contributed by atoms with Crippen molar-refractivity contribution in [2.45, 2.75) is 31.7 Å². The van der Waals surface area contributed by atoms with Gasteiger partial charge in [-0.2, -0.15) is 0 Å². The van der Waals surface area contributed by atoms with Crippen LogP contribution in [0.25, 0.3) is 0 Å². The van der Waals surface area contributed by atoms with Crippen molar-refractivity contribution in [2.24, 2.45) is 0 Å². The Bertz CT molecular complexity index is 501. The van der Waals surface area contributed by atoms with Crippen molar-refractivity contribution in [3.05, 3.63) is 24.3 Å². The first-order valence-electron chi connectivity index (χ1n) is 7.50. The van der Waals surface area contributed by atoms with Gasteiger partial charge in [0.05, 0.1) is 20.1 Å². The van der Waals surface area contributed by atoms with Crippen molar-refractivity contribution in [2.75, 3.05) is 25.6 Å². The molecule has 0 bridgehead atoms. The van der Waals surface area contributed by atoms with Gasteiger partial charge < -0.3 is 20.1 Å². The number of hydrogen-bond acceptors (Lipinski definition) is 5. The molecule has 1 fully saturated rings. The van der Waals surface area contributed by atoms with Crippen LogP contribution in [-0.4, -0.2) is 38.2 Å². The number of carbonyl (C=O) groups is 2. The maximum Gasteiger partial charge on any atom is 0.308 e. The fourth-order valence-corrected chi connectivity index (χ4v) is 2.36. The Morgan fingerprint density at radius 2 is 2.04 bits per heavy atom. The quantitative estimate of drug-likeness (QED) is 0.742. The van der Waals surface area contributed by atoms with E-state index in [1.165, 1.54) is 7.11 Å². The SMILES string of the molecule is COC(=O)CCOc1ccc(NC(=O)CC2CCCN2)cc1.Cl. The lowest BCUT2D eigenvalue weighted by atomic mass is 10.1. The molecule has 0 radical (unpaired) electrons. The summed E-state index contributed by atoms with van der Waals surface area (Å²) < 4.78 is 9.96. The number of anilines is 1. The number of methoxy groups -OCH3 is 1. The van der Waals surface area contributed by atoms with E-state index in [4.69, 9.17) is 4.74 Å². The molecule has 0 aromatic heterocycles. The molecule has 1 aromatic rings. The number of nitrogens with one attached hydrogen (secondary N) is 2. The van der Waals surface area contributed by atoms with Crippen molar-refractivity contribution in [1.82, 2.24) is 5.32 Å². The van der Waals surface area contributed by atoms with E-state index in [1.807, 2.05) is 0 Å². The van der Waals surface area contributed by atoms with Crippen molar-refractivity contribution in [3.63, 3.8) is 0 Å². The number of ether oxygens (including phenoxy) is 2. The molecule has 0 aliphatic carbocycles. The number of benzene rings is 1. The third-order valence-corrected chi connectivity index (χ3v) is 3.53. The highest BCUT2D eigenvalue weighted by atomic mass is 35.5. The van der Waals surface area contributed by atoms with E-state index in [0.717, 1.165) is 25.1 Å². The third-order valence-electron chi connectivity index (χ3n) is 3.53. The predicted molar refractivity (Wildman–Crippen MR) is 90.1 cm³/mol. The lowest BCUT2D eigenvalue weighted by Crippen LogP contribution is -2.27. The van der Waals surface area contributed by atoms with Crippen LogP contribution in [0.1, 0.15) is 25.7 Å². The number of halogens is 1. The Hall–Kier alpha value is -1.79. The normalized spacial score (nSPS) is 16.3. The first kappa shape index (κ1) is 19.3. The summed E-state index contributed by atoms with van der Waals surface area (Å²) in [6, 6.07) is 7.39. The van der Waals surface area contributed by atoms with Gasteiger partial charge in [0, 0.05) is 18.2 Å². The number of carbonyl (C=O) groups excluding carboxylic acids is 2. The summed E-state index contributed by atoms with van der Waals surface area (Å²) in [6.45, 7) is 1.27. The van der Waals surface area contributed by atoms with Gasteiger partial charge in [-0.1, -0.05) is 0 Å². The van der Waals surface area contributed by atoms with Gasteiger partial charge in [-0.05, 0) is 43.7 Å². The van der Waals surface area contributed by atoms with Gasteiger partial charge in [-0.3, -0.25) is 9.59 Å². The zero-order valence-corrected chi connectivity index (χ0v) is 14.0. The van der Waals surface area contributed by atoms with Crippen LogP contribution in [0.4, 0.5) is 5.69 Å². The maximum atomic E-state index is 11.9. The summed E-state index contributed by atoms with van der Waals surface area (Å²) in [6.07, 6.45) is 2.90. The van der Waals surface area contributed by atoms with Crippen molar-refractivity contribution in [1.29, 1.82) is 0 Å². The highest BCUT2D eigenvalue weighted by Crippen LogP contribution is 2.17. The zero-order chi connectivity index (χ0) is 15.8. The fourth-order valence-electron chi connectivity index (χ4n) is 2.36. The van der Waals surface area contributed by atoms with Crippen molar-refractivity contribution >= 4 is 30.0 Å². The van der Waals surface area contributed by atoms with E-state index in [0.29, 0.717) is 18.2 Å². The number of amides is 1. The molecule has 0 spiro atoms. The molecule has 23 heavy (non-hydrogen) atoms. The predicted octanol–water partition coefficient (Wildman–Crippen LogP) is 2.13. The summed E-state index contributed by atoms with van der Waals surface area (Å²) in [4.78, 5) is 22.9. The minimum Gasteiger partial charge on any atom is -0.493 e. The summed E-state index contributed by atoms with van der Waals surface area (Å²) in [5.41, 5.74) is 0.739. The van der Waals surface area contributed by atoms with Crippen LogP contribution in [0, 0.1) is 0 Å². The third kappa shape index (κ3) is 6.88. The zero-order valence-electron chi connectivity index (χ0n) is 13.2. The summed E-state index contributed by atoms with van der Waals surface area (Å²) in [5.74, 6) is 0.363. The highest BCUT2D eigenvalue weighted by molar-refractivity contribution is 5.91. The van der Waals surface area contributed by atoms with Gasteiger partial charge in [0.1, 0.15) is 5.75 Å². The maximum absolute atomic E-state index is 11.9. The Labute approximate surface area is 142 Å². The molecule has 0 saturated carbocycles. The van der Waals surface area contributed by atoms with E-state index in [2.05, 4.69) is 15.4 Å². The van der Waals surface area contributed by atoms with Crippen LogP contribution in [0.3, 0.4) is 0 Å². The molecule has 1 heterocycles. The van der Waals surface area contributed by atoms with Gasteiger partial charge in [-0.25, -0.2) is 0 Å². The smallest absolute Gasteiger partial charge is 0.308 e. The van der Waals surface area contributed by atoms with E-state index in [9.17, 15) is 9.59 Å². The molecule has 2 N–H and O–H groups in total. The standard InChI is InChI=1S/C16H22N2O4.ClH/c1-21-16(20)8-10-22-14-6-4-12(5-7-14)18-15(19)11-13-3-2-9-17-13;/h4-7,13,17H,2-3,8-11H2,1H3,(H,18,19);1H. The van der Waals surface area contributed by atoms with Crippen LogP contribution in [0.2, 0.25) is 0 Å². The molecule has 1 aromatic carbocycles. The molecule has 6 nitrogen and oxygen atoms in total. The second kappa shape index (κ2) is 10.1. The topological polar surface area (TPSA) is 76.7 Å². The fraction of sp³-hybridized carbons (Fsp3) is 0.500. The molecule has 128 valence electrons. The van der Waals surface area contributed by atoms with E-state index in [-0.39, 0.29) is 37.3 Å². The van der Waals surface area contributed by atoms with Gasteiger partial charge in [-0.15, -0.1) is 12.4 Å². The molecule has 1 amide bonds. The number of hydrogen-bond donors (Lipinski definition) is 2. The Morgan fingerprint density at radius 1 is 1.30 bits per heavy atom. The second-order valence-corrected chi connectivity index (χ2v) is 5.24. The van der Waals surface area contributed by atoms with Crippen LogP contribution in [0.5, 0.6) is 5.75 Å².